The van der Waals surface area contributed by atoms with Gasteiger partial charge in [-0.2, -0.15) is 0 Å². The first-order valence-electron chi connectivity index (χ1n) is 9.55. The van der Waals surface area contributed by atoms with Crippen LogP contribution in [0.5, 0.6) is 0 Å². The van der Waals surface area contributed by atoms with Crippen LogP contribution in [0.2, 0.25) is 0 Å². The summed E-state index contributed by atoms with van der Waals surface area (Å²) in [4.78, 5) is 0. The van der Waals surface area contributed by atoms with Gasteiger partial charge < -0.3 is 0 Å². The molecular weight excluding hydrogens is 240 g/mol. The summed E-state index contributed by atoms with van der Waals surface area (Å²) in [5.41, 5.74) is 0. The topological polar surface area (TPSA) is 0 Å². The van der Waals surface area contributed by atoms with Crippen molar-refractivity contribution in [1.82, 2.24) is 0 Å². The Balaban J connectivity index is 1.51. The Morgan fingerprint density at radius 1 is 0.800 bits per heavy atom. The van der Waals surface area contributed by atoms with Gasteiger partial charge in [0.25, 0.3) is 0 Å². The summed E-state index contributed by atoms with van der Waals surface area (Å²) in [5.74, 6) is 3.04. The van der Waals surface area contributed by atoms with Crippen molar-refractivity contribution in [3.63, 3.8) is 0 Å². The zero-order chi connectivity index (χ0) is 14.0. The van der Waals surface area contributed by atoms with Gasteiger partial charge in [-0.3, -0.25) is 0 Å². The maximum absolute atomic E-state index is 2.56. The average Bonchev–Trinajstić information content (AvgIpc) is 2.50. The van der Waals surface area contributed by atoms with Crippen LogP contribution in [0.4, 0.5) is 0 Å². The van der Waals surface area contributed by atoms with Gasteiger partial charge in [-0.25, -0.2) is 0 Å². The second-order valence-corrected chi connectivity index (χ2v) is 7.43. The molecule has 116 valence electrons. The van der Waals surface area contributed by atoms with Crippen LogP contribution in [0.25, 0.3) is 0 Å². The lowest BCUT2D eigenvalue weighted by atomic mass is 9.80. The minimum Gasteiger partial charge on any atom is -0.0883 e. The molecule has 0 bridgehead atoms. The minimum absolute atomic E-state index is 0.915. The standard InChI is InChI=1S/C20H36/c1-2-9-18-14-16-20(17-15-18)13-8-4-7-12-19-10-5-3-6-11-19/h8,13,18-20H,2-7,9-12,14-17H2,1H3/b13-8+. The maximum atomic E-state index is 2.56. The molecule has 2 fully saturated rings. The molecule has 0 aromatic carbocycles. The maximum Gasteiger partial charge on any atom is -0.0233 e. The highest BCUT2D eigenvalue weighted by molar-refractivity contribution is 4.91. The lowest BCUT2D eigenvalue weighted by Gasteiger charge is -2.26. The molecule has 0 saturated heterocycles. The van der Waals surface area contributed by atoms with Crippen LogP contribution in [0.3, 0.4) is 0 Å². The first-order valence-corrected chi connectivity index (χ1v) is 9.55. The Morgan fingerprint density at radius 2 is 1.50 bits per heavy atom. The van der Waals surface area contributed by atoms with E-state index < -0.39 is 0 Å². The zero-order valence-electron chi connectivity index (χ0n) is 13.8. The van der Waals surface area contributed by atoms with Crippen molar-refractivity contribution >= 4 is 0 Å². The molecule has 2 aliphatic rings. The average molecular weight is 277 g/mol. The van der Waals surface area contributed by atoms with Gasteiger partial charge in [0.2, 0.25) is 0 Å². The third kappa shape index (κ3) is 6.02. The zero-order valence-corrected chi connectivity index (χ0v) is 13.8. The van der Waals surface area contributed by atoms with Crippen LogP contribution < -0.4 is 0 Å². The summed E-state index contributed by atoms with van der Waals surface area (Å²) in [6, 6.07) is 0. The van der Waals surface area contributed by atoms with Crippen molar-refractivity contribution < 1.29 is 0 Å². The number of allylic oxidation sites excluding steroid dienone is 2. The normalized spacial score (nSPS) is 29.1. The molecule has 0 nitrogen and oxygen atoms in total. The Bertz CT molecular complexity index is 251. The van der Waals surface area contributed by atoms with E-state index >= 15 is 0 Å². The van der Waals surface area contributed by atoms with Gasteiger partial charge in [-0.1, -0.05) is 70.4 Å². The molecule has 0 heterocycles. The first-order chi connectivity index (χ1) is 9.88. The van der Waals surface area contributed by atoms with E-state index in [4.69, 9.17) is 0 Å². The van der Waals surface area contributed by atoms with Crippen molar-refractivity contribution in [3.05, 3.63) is 12.2 Å². The van der Waals surface area contributed by atoms with Gasteiger partial charge in [0, 0.05) is 0 Å². The summed E-state index contributed by atoms with van der Waals surface area (Å²) >= 11 is 0. The van der Waals surface area contributed by atoms with Crippen LogP contribution in [0.1, 0.15) is 96.8 Å². The quantitative estimate of drug-likeness (QED) is 0.350. The smallest absolute Gasteiger partial charge is 0.0233 e. The molecule has 0 N–H and O–H groups in total. The summed E-state index contributed by atoms with van der Waals surface area (Å²) in [6.07, 6.45) is 25.6. The van der Waals surface area contributed by atoms with Crippen LogP contribution in [0, 0.1) is 17.8 Å². The largest absolute Gasteiger partial charge is 0.0883 e. The summed E-state index contributed by atoms with van der Waals surface area (Å²) in [7, 11) is 0. The predicted molar refractivity (Wildman–Crippen MR) is 89.9 cm³/mol. The van der Waals surface area contributed by atoms with Crippen molar-refractivity contribution in [3.8, 4) is 0 Å². The molecule has 0 aromatic heterocycles. The summed E-state index contributed by atoms with van der Waals surface area (Å²) < 4.78 is 0. The molecule has 0 unspecified atom stereocenters. The molecule has 0 heteroatoms. The van der Waals surface area contributed by atoms with Gasteiger partial charge in [-0.05, 0) is 56.3 Å². The van der Waals surface area contributed by atoms with Gasteiger partial charge in [-0.15, -0.1) is 0 Å². The second kappa shape index (κ2) is 9.64. The van der Waals surface area contributed by atoms with E-state index in [1.54, 1.807) is 0 Å². The van der Waals surface area contributed by atoms with Crippen LogP contribution in [0.15, 0.2) is 12.2 Å². The van der Waals surface area contributed by atoms with Gasteiger partial charge in [0.1, 0.15) is 0 Å². The van der Waals surface area contributed by atoms with Crippen LogP contribution >= 0.6 is 0 Å². The van der Waals surface area contributed by atoms with Crippen molar-refractivity contribution in [1.29, 1.82) is 0 Å². The molecular formula is C20H36. The van der Waals surface area contributed by atoms with Gasteiger partial charge >= 0.3 is 0 Å². The number of hydrogen-bond acceptors (Lipinski definition) is 0. The molecule has 0 radical (unpaired) electrons. The Kier molecular flexibility index (Phi) is 7.76. The number of rotatable bonds is 7. The van der Waals surface area contributed by atoms with Gasteiger partial charge in [0.05, 0.1) is 0 Å². The number of hydrogen-bond donors (Lipinski definition) is 0. The van der Waals surface area contributed by atoms with Crippen LogP contribution in [-0.2, 0) is 0 Å². The minimum atomic E-state index is 0.915. The highest BCUT2D eigenvalue weighted by Gasteiger charge is 2.18. The van der Waals surface area contributed by atoms with E-state index in [2.05, 4.69) is 19.1 Å². The fourth-order valence-electron chi connectivity index (χ4n) is 4.37. The molecule has 0 aromatic rings. The SMILES string of the molecule is CCCC1CCC(/C=C/CCCC2CCCCC2)CC1. The van der Waals surface area contributed by atoms with Crippen molar-refractivity contribution in [2.75, 3.05) is 0 Å². The van der Waals surface area contributed by atoms with E-state index in [9.17, 15) is 0 Å². The molecule has 2 saturated carbocycles. The third-order valence-corrected chi connectivity index (χ3v) is 5.70. The van der Waals surface area contributed by atoms with Crippen LogP contribution in [-0.4, -0.2) is 0 Å². The molecule has 20 heavy (non-hydrogen) atoms. The molecule has 0 aliphatic heterocycles. The van der Waals surface area contributed by atoms with E-state index in [1.165, 1.54) is 89.9 Å². The fourth-order valence-corrected chi connectivity index (χ4v) is 4.37. The van der Waals surface area contributed by atoms with Crippen molar-refractivity contribution in [2.24, 2.45) is 17.8 Å². The highest BCUT2D eigenvalue weighted by Crippen LogP contribution is 2.32. The lowest BCUT2D eigenvalue weighted by Crippen LogP contribution is -2.12. The molecule has 0 spiro atoms. The Labute approximate surface area is 127 Å². The van der Waals surface area contributed by atoms with Gasteiger partial charge in [0.15, 0.2) is 0 Å². The Morgan fingerprint density at radius 3 is 2.20 bits per heavy atom. The summed E-state index contributed by atoms with van der Waals surface area (Å²) in [6.45, 7) is 2.33. The lowest BCUT2D eigenvalue weighted by molar-refractivity contribution is 0.294. The molecule has 0 atom stereocenters. The van der Waals surface area contributed by atoms with E-state index in [-0.39, 0.29) is 0 Å². The molecule has 2 aliphatic carbocycles. The second-order valence-electron chi connectivity index (χ2n) is 7.43. The number of unbranched alkanes of at least 4 members (excludes halogenated alkanes) is 1. The monoisotopic (exact) mass is 276 g/mol. The molecule has 0 amide bonds. The first kappa shape index (κ1) is 16.1. The predicted octanol–water partition coefficient (Wildman–Crippen LogP) is 6.90. The third-order valence-electron chi connectivity index (χ3n) is 5.70. The Hall–Kier alpha value is -0.260. The summed E-state index contributed by atoms with van der Waals surface area (Å²) in [5, 5.41) is 0. The molecule has 2 rings (SSSR count). The highest BCUT2D eigenvalue weighted by atomic mass is 14.2. The van der Waals surface area contributed by atoms with E-state index in [0.29, 0.717) is 0 Å². The van der Waals surface area contributed by atoms with E-state index in [0.717, 1.165) is 17.8 Å². The van der Waals surface area contributed by atoms with Crippen molar-refractivity contribution in [2.45, 2.75) is 96.8 Å². The van der Waals surface area contributed by atoms with E-state index in [1.807, 2.05) is 0 Å². The fraction of sp³-hybridized carbons (Fsp3) is 0.900.